The Morgan fingerprint density at radius 2 is 1.81 bits per heavy atom. The van der Waals surface area contributed by atoms with Crippen LogP contribution in [0.1, 0.15) is 21.5 Å². The molecule has 1 aliphatic rings. The highest BCUT2D eigenvalue weighted by Crippen LogP contribution is 2.33. The third-order valence-electron chi connectivity index (χ3n) is 7.53. The molecule has 0 saturated carbocycles. The molecule has 42 heavy (non-hydrogen) atoms. The minimum atomic E-state index is -0.153. The number of likely N-dealkylation sites (N-methyl/N-ethyl adjacent to an activating group) is 1. The van der Waals surface area contributed by atoms with Crippen LogP contribution >= 0.6 is 15.9 Å². The summed E-state index contributed by atoms with van der Waals surface area (Å²) in [5, 5.41) is 11.2. The summed E-state index contributed by atoms with van der Waals surface area (Å²) in [6, 6.07) is 19.1. The summed E-state index contributed by atoms with van der Waals surface area (Å²) < 4.78 is 0.949. The van der Waals surface area contributed by atoms with Crippen molar-refractivity contribution in [1.82, 2.24) is 34.9 Å². The van der Waals surface area contributed by atoms with E-state index in [1.165, 1.54) is 5.56 Å². The van der Waals surface area contributed by atoms with E-state index < -0.39 is 0 Å². The number of H-pyrrole nitrogens is 1. The molecule has 0 spiro atoms. The number of halogens is 1. The van der Waals surface area contributed by atoms with Crippen molar-refractivity contribution in [2.24, 2.45) is 0 Å². The highest BCUT2D eigenvalue weighted by molar-refractivity contribution is 9.10. The van der Waals surface area contributed by atoms with Crippen molar-refractivity contribution < 1.29 is 4.79 Å². The predicted octanol–water partition coefficient (Wildman–Crippen LogP) is 5.67. The van der Waals surface area contributed by atoms with Gasteiger partial charge in [-0.25, -0.2) is 9.97 Å². The molecule has 6 rings (SSSR count). The van der Waals surface area contributed by atoms with Crippen molar-refractivity contribution in [2.75, 3.05) is 38.5 Å². The summed E-state index contributed by atoms with van der Waals surface area (Å²) in [6.07, 6.45) is 5.32. The molecule has 0 unspecified atom stereocenters. The fourth-order valence-corrected chi connectivity index (χ4v) is 5.59. The molecular weight excluding hydrogens is 592 g/mol. The number of carbonyl (C=O) groups is 1. The summed E-state index contributed by atoms with van der Waals surface area (Å²) in [5.41, 5.74) is 7.71. The Labute approximate surface area is 253 Å². The van der Waals surface area contributed by atoms with Crippen LogP contribution in [0.5, 0.6) is 0 Å². The van der Waals surface area contributed by atoms with Crippen LogP contribution in [0.25, 0.3) is 34.0 Å². The Morgan fingerprint density at radius 1 is 1.00 bits per heavy atom. The van der Waals surface area contributed by atoms with Gasteiger partial charge in [-0.15, -0.1) is 5.10 Å². The molecule has 2 N–H and O–H groups in total. The van der Waals surface area contributed by atoms with Gasteiger partial charge in [0.2, 0.25) is 0 Å². The lowest BCUT2D eigenvalue weighted by Crippen LogP contribution is -2.43. The van der Waals surface area contributed by atoms with Crippen molar-refractivity contribution in [3.05, 3.63) is 100 Å². The van der Waals surface area contributed by atoms with E-state index >= 15 is 0 Å². The summed E-state index contributed by atoms with van der Waals surface area (Å²) in [5.74, 6) is 0.450. The highest BCUT2D eigenvalue weighted by atomic mass is 79.9. The van der Waals surface area contributed by atoms with Gasteiger partial charge in [-0.1, -0.05) is 34.1 Å². The lowest BCUT2D eigenvalue weighted by molar-refractivity contribution is 0.102. The molecule has 1 aliphatic heterocycles. The maximum absolute atomic E-state index is 13.1. The molecule has 2 aromatic carbocycles. The van der Waals surface area contributed by atoms with Gasteiger partial charge in [0.05, 0.1) is 11.4 Å². The van der Waals surface area contributed by atoms with Crippen LogP contribution in [0.2, 0.25) is 0 Å². The van der Waals surface area contributed by atoms with Gasteiger partial charge in [0.1, 0.15) is 5.69 Å². The van der Waals surface area contributed by atoms with E-state index in [-0.39, 0.29) is 5.91 Å². The first-order chi connectivity index (χ1) is 20.4. The standard InChI is InChI=1S/C32H31BrN8O/c1-21-19-35-30(29(21)31-34-13-11-27(38-31)28-4-3-12-36-39-28)22-7-9-25(10-8-22)37-32(42)23-5-6-24(26(33)18-23)20-41-16-14-40(2)15-17-41/h3-13,18-19,35H,14-17,20H2,1-2H3,(H,37,42). The van der Waals surface area contributed by atoms with Gasteiger partial charge in [-0.3, -0.25) is 9.69 Å². The van der Waals surface area contributed by atoms with Gasteiger partial charge >= 0.3 is 0 Å². The molecule has 5 aromatic rings. The van der Waals surface area contributed by atoms with Crippen LogP contribution in [0.4, 0.5) is 5.69 Å². The third-order valence-corrected chi connectivity index (χ3v) is 8.27. The predicted molar refractivity (Wildman–Crippen MR) is 168 cm³/mol. The molecule has 0 atom stereocenters. The van der Waals surface area contributed by atoms with Gasteiger partial charge in [0.25, 0.3) is 5.91 Å². The molecule has 1 amide bonds. The molecule has 0 aliphatic carbocycles. The van der Waals surface area contributed by atoms with E-state index in [9.17, 15) is 4.79 Å². The smallest absolute Gasteiger partial charge is 0.255 e. The van der Waals surface area contributed by atoms with E-state index in [2.05, 4.69) is 58.3 Å². The maximum atomic E-state index is 13.1. The second-order valence-electron chi connectivity index (χ2n) is 10.5. The van der Waals surface area contributed by atoms with E-state index in [0.717, 1.165) is 59.6 Å². The van der Waals surface area contributed by atoms with Crippen LogP contribution in [-0.2, 0) is 6.54 Å². The van der Waals surface area contributed by atoms with Crippen LogP contribution in [0, 0.1) is 6.92 Å². The molecule has 1 fully saturated rings. The van der Waals surface area contributed by atoms with Crippen molar-refractivity contribution in [1.29, 1.82) is 0 Å². The van der Waals surface area contributed by atoms with Crippen LogP contribution < -0.4 is 5.32 Å². The van der Waals surface area contributed by atoms with Gasteiger partial charge in [-0.2, -0.15) is 5.10 Å². The number of aromatic nitrogens is 5. The van der Waals surface area contributed by atoms with Gasteiger partial charge in [-0.05, 0) is 73.1 Å². The Bertz CT molecular complexity index is 1700. The molecule has 3 aromatic heterocycles. The molecule has 9 nitrogen and oxygen atoms in total. The zero-order chi connectivity index (χ0) is 29.1. The first-order valence-corrected chi connectivity index (χ1v) is 14.6. The molecule has 4 heterocycles. The number of hydrogen-bond acceptors (Lipinski definition) is 7. The van der Waals surface area contributed by atoms with Gasteiger partial charge in [0.15, 0.2) is 5.82 Å². The van der Waals surface area contributed by atoms with Crippen molar-refractivity contribution in [3.63, 3.8) is 0 Å². The Hall–Kier alpha value is -4.25. The number of piperazine rings is 1. The number of hydrogen-bond donors (Lipinski definition) is 2. The van der Waals surface area contributed by atoms with Crippen LogP contribution in [0.15, 0.2) is 83.7 Å². The Balaban J connectivity index is 1.16. The SMILES string of the molecule is Cc1c[nH]c(-c2ccc(NC(=O)c3ccc(CN4CCN(C)CC4)c(Br)c3)cc2)c1-c1nccc(-c2cccnn2)n1. The maximum Gasteiger partial charge on any atom is 0.255 e. The van der Waals surface area contributed by atoms with E-state index in [1.807, 2.05) is 73.8 Å². The molecular formula is C32H31BrN8O. The first-order valence-electron chi connectivity index (χ1n) is 13.8. The molecule has 0 bridgehead atoms. The third kappa shape index (κ3) is 6.15. The van der Waals surface area contributed by atoms with Gasteiger partial charge < -0.3 is 15.2 Å². The topological polar surface area (TPSA) is 103 Å². The highest BCUT2D eigenvalue weighted by Gasteiger charge is 2.18. The quantitative estimate of drug-likeness (QED) is 0.241. The number of aromatic amines is 1. The largest absolute Gasteiger partial charge is 0.360 e. The summed E-state index contributed by atoms with van der Waals surface area (Å²) in [7, 11) is 2.16. The molecule has 212 valence electrons. The monoisotopic (exact) mass is 622 g/mol. The average Bonchev–Trinajstić information content (AvgIpc) is 3.41. The zero-order valence-corrected chi connectivity index (χ0v) is 25.1. The van der Waals surface area contributed by atoms with E-state index in [1.54, 1.807) is 12.4 Å². The molecule has 1 saturated heterocycles. The average molecular weight is 624 g/mol. The number of aryl methyl sites for hydroxylation is 1. The zero-order valence-electron chi connectivity index (χ0n) is 23.5. The number of rotatable bonds is 7. The summed E-state index contributed by atoms with van der Waals surface area (Å²) in [6.45, 7) is 7.14. The number of anilines is 1. The summed E-state index contributed by atoms with van der Waals surface area (Å²) in [4.78, 5) is 30.6. The van der Waals surface area contributed by atoms with E-state index in [0.29, 0.717) is 28.5 Å². The van der Waals surface area contributed by atoms with Crippen molar-refractivity contribution >= 4 is 27.5 Å². The second kappa shape index (κ2) is 12.3. The van der Waals surface area contributed by atoms with Crippen molar-refractivity contribution in [3.8, 4) is 34.0 Å². The Kier molecular flexibility index (Phi) is 8.18. The van der Waals surface area contributed by atoms with Crippen LogP contribution in [0.3, 0.4) is 0 Å². The summed E-state index contributed by atoms with van der Waals surface area (Å²) >= 11 is 3.68. The van der Waals surface area contributed by atoms with Crippen molar-refractivity contribution in [2.45, 2.75) is 13.5 Å². The number of nitrogens with zero attached hydrogens (tertiary/aromatic N) is 6. The normalized spacial score (nSPS) is 14.2. The number of benzene rings is 2. The number of amides is 1. The first kappa shape index (κ1) is 27.9. The lowest BCUT2D eigenvalue weighted by atomic mass is 10.0. The molecule has 10 heteroatoms. The second-order valence-corrected chi connectivity index (χ2v) is 11.4. The Morgan fingerprint density at radius 3 is 2.55 bits per heavy atom. The number of nitrogens with one attached hydrogen (secondary N) is 2. The minimum absolute atomic E-state index is 0.153. The molecule has 0 radical (unpaired) electrons. The fourth-order valence-electron chi connectivity index (χ4n) is 5.08. The number of carbonyl (C=O) groups excluding carboxylic acids is 1. The lowest BCUT2D eigenvalue weighted by Gasteiger charge is -2.32. The van der Waals surface area contributed by atoms with Gasteiger partial charge in [0, 0.05) is 72.6 Å². The van der Waals surface area contributed by atoms with Crippen LogP contribution in [-0.4, -0.2) is 74.1 Å². The van der Waals surface area contributed by atoms with E-state index in [4.69, 9.17) is 4.98 Å². The minimum Gasteiger partial charge on any atom is -0.360 e. The fraction of sp³-hybridized carbons (Fsp3) is 0.219.